The molecule has 0 radical (unpaired) electrons. The quantitative estimate of drug-likeness (QED) is 0.381. The van der Waals surface area contributed by atoms with Gasteiger partial charge in [-0.2, -0.15) is 0 Å². The van der Waals surface area contributed by atoms with Gasteiger partial charge in [-0.05, 0) is 38.1 Å². The average molecular weight is 409 g/mol. The Morgan fingerprint density at radius 3 is 2.56 bits per heavy atom. The molecule has 140 valence electrons. The van der Waals surface area contributed by atoms with Gasteiger partial charge in [-0.1, -0.05) is 11.6 Å². The van der Waals surface area contributed by atoms with E-state index in [2.05, 4.69) is 4.72 Å². The Morgan fingerprint density at radius 2 is 1.93 bits per heavy atom. The summed E-state index contributed by atoms with van der Waals surface area (Å²) < 4.78 is 33.1. The molecule has 10 heteroatoms. The summed E-state index contributed by atoms with van der Waals surface area (Å²) in [5.41, 5.74) is 0.557. The highest BCUT2D eigenvalue weighted by atomic mass is 35.5. The Labute approximate surface area is 158 Å². The fourth-order valence-electron chi connectivity index (χ4n) is 2.74. The van der Waals surface area contributed by atoms with Crippen LogP contribution in [0.3, 0.4) is 0 Å². The van der Waals surface area contributed by atoms with E-state index in [1.807, 2.05) is 0 Å². The third kappa shape index (κ3) is 3.51. The van der Waals surface area contributed by atoms with Gasteiger partial charge in [0.15, 0.2) is 5.78 Å². The molecule has 3 rings (SSSR count). The Kier molecular flexibility index (Phi) is 4.66. The lowest BCUT2D eigenvalue weighted by atomic mass is 10.1. The molecule has 0 saturated heterocycles. The van der Waals surface area contributed by atoms with Crippen molar-refractivity contribution in [2.24, 2.45) is 0 Å². The molecule has 0 bridgehead atoms. The predicted molar refractivity (Wildman–Crippen MR) is 99.9 cm³/mol. The third-order valence-electron chi connectivity index (χ3n) is 3.88. The molecule has 0 atom stereocenters. The topological polar surface area (TPSA) is 120 Å². The van der Waals surface area contributed by atoms with Crippen LogP contribution >= 0.6 is 11.6 Å². The molecule has 1 N–H and O–H groups in total. The zero-order valence-electron chi connectivity index (χ0n) is 14.1. The highest BCUT2D eigenvalue weighted by molar-refractivity contribution is 7.92. The number of benzene rings is 2. The normalized spacial score (nSPS) is 11.5. The molecule has 0 aliphatic carbocycles. The van der Waals surface area contributed by atoms with E-state index in [0.717, 1.165) is 18.2 Å². The van der Waals surface area contributed by atoms with Crippen molar-refractivity contribution in [3.8, 4) is 0 Å². The number of rotatable bonds is 5. The van der Waals surface area contributed by atoms with Crippen molar-refractivity contribution in [3.05, 3.63) is 62.9 Å². The number of carbonyl (C=O) groups is 1. The summed E-state index contributed by atoms with van der Waals surface area (Å²) in [6.07, 6.45) is 0. The first-order chi connectivity index (χ1) is 12.6. The summed E-state index contributed by atoms with van der Waals surface area (Å²) in [5, 5.41) is 11.2. The van der Waals surface area contributed by atoms with Gasteiger partial charge < -0.3 is 4.42 Å². The van der Waals surface area contributed by atoms with Crippen LogP contribution in [0.1, 0.15) is 23.0 Å². The lowest BCUT2D eigenvalue weighted by Gasteiger charge is -2.09. The fourth-order valence-corrected chi connectivity index (χ4v) is 4.31. The summed E-state index contributed by atoms with van der Waals surface area (Å²) in [7, 11) is -4.20. The zero-order chi connectivity index (χ0) is 19.9. The number of anilines is 1. The Bertz CT molecular complexity index is 1200. The van der Waals surface area contributed by atoms with Crippen LogP contribution in [-0.2, 0) is 10.0 Å². The molecule has 0 aliphatic heterocycles. The highest BCUT2D eigenvalue weighted by Crippen LogP contribution is 2.31. The number of hydrogen-bond donors (Lipinski definition) is 1. The smallest absolute Gasteiger partial charge is 0.270 e. The number of nitro benzene ring substituents is 1. The Hall–Kier alpha value is -2.91. The number of nitro groups is 1. The van der Waals surface area contributed by atoms with Crippen molar-refractivity contribution >= 4 is 49.8 Å². The largest absolute Gasteiger partial charge is 0.461 e. The first-order valence-corrected chi connectivity index (χ1v) is 9.47. The number of halogens is 1. The van der Waals surface area contributed by atoms with Crippen LogP contribution in [0.5, 0.6) is 0 Å². The van der Waals surface area contributed by atoms with Gasteiger partial charge in [0, 0.05) is 23.2 Å². The maximum absolute atomic E-state index is 12.6. The third-order valence-corrected chi connectivity index (χ3v) is 5.75. The van der Waals surface area contributed by atoms with E-state index in [-0.39, 0.29) is 16.5 Å². The molecule has 1 heterocycles. The SMILES string of the molecule is CC(=O)c1c(C)oc2ccc(NS(=O)(=O)c3cc([N+](=O)[O-])ccc3Cl)cc12. The van der Waals surface area contributed by atoms with Crippen LogP contribution in [0.25, 0.3) is 11.0 Å². The minimum Gasteiger partial charge on any atom is -0.461 e. The predicted octanol–water partition coefficient (Wildman–Crippen LogP) is 4.31. The summed E-state index contributed by atoms with van der Waals surface area (Å²) >= 11 is 5.92. The van der Waals surface area contributed by atoms with Crippen LogP contribution in [0, 0.1) is 17.0 Å². The molecule has 0 unspecified atom stereocenters. The molecule has 0 spiro atoms. The van der Waals surface area contributed by atoms with Crippen LogP contribution in [0.2, 0.25) is 5.02 Å². The number of nitrogens with one attached hydrogen (secondary N) is 1. The molecule has 8 nitrogen and oxygen atoms in total. The summed E-state index contributed by atoms with van der Waals surface area (Å²) in [6.45, 7) is 3.03. The first-order valence-electron chi connectivity index (χ1n) is 7.61. The number of sulfonamides is 1. The molecule has 0 aliphatic rings. The van der Waals surface area contributed by atoms with E-state index in [4.69, 9.17) is 16.0 Å². The number of hydrogen-bond acceptors (Lipinski definition) is 6. The fraction of sp³-hybridized carbons (Fsp3) is 0.118. The van der Waals surface area contributed by atoms with Gasteiger partial charge in [0.05, 0.1) is 15.5 Å². The van der Waals surface area contributed by atoms with E-state index in [9.17, 15) is 23.3 Å². The molecule has 27 heavy (non-hydrogen) atoms. The van der Waals surface area contributed by atoms with Crippen molar-refractivity contribution in [2.75, 3.05) is 4.72 Å². The summed E-state index contributed by atoms with van der Waals surface area (Å²) in [6, 6.07) is 7.59. The molecular weight excluding hydrogens is 396 g/mol. The van der Waals surface area contributed by atoms with Gasteiger partial charge in [0.1, 0.15) is 16.2 Å². The van der Waals surface area contributed by atoms with Gasteiger partial charge in [0.25, 0.3) is 15.7 Å². The molecule has 0 saturated carbocycles. The molecule has 0 fully saturated rings. The van der Waals surface area contributed by atoms with Crippen LogP contribution in [0.4, 0.5) is 11.4 Å². The van der Waals surface area contributed by atoms with Gasteiger partial charge in [-0.25, -0.2) is 8.42 Å². The van der Waals surface area contributed by atoms with Crippen molar-refractivity contribution in [1.29, 1.82) is 0 Å². The van der Waals surface area contributed by atoms with E-state index < -0.39 is 25.5 Å². The van der Waals surface area contributed by atoms with Crippen LogP contribution in [-0.4, -0.2) is 19.1 Å². The average Bonchev–Trinajstić information content (AvgIpc) is 2.89. The van der Waals surface area contributed by atoms with E-state index >= 15 is 0 Å². The van der Waals surface area contributed by atoms with Crippen molar-refractivity contribution in [3.63, 3.8) is 0 Å². The lowest BCUT2D eigenvalue weighted by Crippen LogP contribution is -2.13. The molecular formula is C17H13ClN2O6S. The van der Waals surface area contributed by atoms with E-state index in [1.165, 1.54) is 25.1 Å². The van der Waals surface area contributed by atoms with Crippen LogP contribution < -0.4 is 4.72 Å². The lowest BCUT2D eigenvalue weighted by molar-refractivity contribution is -0.385. The zero-order valence-corrected chi connectivity index (χ0v) is 15.7. The monoisotopic (exact) mass is 408 g/mol. The van der Waals surface area contributed by atoms with Crippen molar-refractivity contribution < 1.29 is 22.6 Å². The number of furan rings is 1. The number of ketones is 1. The number of nitrogens with zero attached hydrogens (tertiary/aromatic N) is 1. The standard InChI is InChI=1S/C17H13ClN2O6S/c1-9(21)17-10(2)26-15-6-3-11(7-13(15)17)19-27(24,25)16-8-12(20(22)23)4-5-14(16)18/h3-8,19H,1-2H3. The van der Waals surface area contributed by atoms with E-state index in [0.29, 0.717) is 22.3 Å². The second-order valence-corrected chi connectivity index (χ2v) is 7.84. The summed E-state index contributed by atoms with van der Waals surface area (Å²) in [4.78, 5) is 21.6. The number of aryl methyl sites for hydroxylation is 1. The van der Waals surface area contributed by atoms with Gasteiger partial charge in [-0.15, -0.1) is 0 Å². The first kappa shape index (κ1) is 18.9. The van der Waals surface area contributed by atoms with Gasteiger partial charge in [-0.3, -0.25) is 19.6 Å². The molecule has 0 amide bonds. The second-order valence-electron chi connectivity index (χ2n) is 5.78. The second kappa shape index (κ2) is 6.67. The molecule has 3 aromatic rings. The Morgan fingerprint density at radius 1 is 1.22 bits per heavy atom. The minimum absolute atomic E-state index is 0.155. The minimum atomic E-state index is -4.20. The number of non-ortho nitro benzene ring substituents is 1. The van der Waals surface area contributed by atoms with Crippen molar-refractivity contribution in [2.45, 2.75) is 18.7 Å². The van der Waals surface area contributed by atoms with Crippen LogP contribution in [0.15, 0.2) is 45.7 Å². The molecule has 1 aromatic heterocycles. The van der Waals surface area contributed by atoms with Gasteiger partial charge in [0.2, 0.25) is 0 Å². The number of fused-ring (bicyclic) bond motifs is 1. The van der Waals surface area contributed by atoms with Gasteiger partial charge >= 0.3 is 0 Å². The molecule has 2 aromatic carbocycles. The van der Waals surface area contributed by atoms with E-state index in [1.54, 1.807) is 6.92 Å². The number of carbonyl (C=O) groups excluding carboxylic acids is 1. The summed E-state index contributed by atoms with van der Waals surface area (Å²) in [5.74, 6) is 0.215. The maximum Gasteiger partial charge on any atom is 0.270 e. The maximum atomic E-state index is 12.6. The number of Topliss-reactive ketones (excluding diaryl/α,β-unsaturated/α-hetero) is 1. The highest BCUT2D eigenvalue weighted by Gasteiger charge is 2.23. The Balaban J connectivity index is 2.06. The van der Waals surface area contributed by atoms with Crippen molar-refractivity contribution in [1.82, 2.24) is 0 Å².